The summed E-state index contributed by atoms with van der Waals surface area (Å²) in [6.45, 7) is 1.96. The summed E-state index contributed by atoms with van der Waals surface area (Å²) >= 11 is 0. The topological polar surface area (TPSA) is 84.2 Å². The normalized spacial score (nSPS) is 16.9. The van der Waals surface area contributed by atoms with E-state index in [0.29, 0.717) is 0 Å². The molecule has 1 rings (SSSR count). The molecule has 0 aromatic rings. The lowest BCUT2D eigenvalue weighted by atomic mass is 9.85. The quantitative estimate of drug-likeness (QED) is 0.664. The Morgan fingerprint density at radius 2 is 1.85 bits per heavy atom. The second kappa shape index (κ2) is 10.9. The Hall–Kier alpha value is -0.810. The Morgan fingerprint density at radius 3 is 2.45 bits per heavy atom. The lowest BCUT2D eigenvalue weighted by Crippen LogP contribution is -2.42. The third-order valence-electron chi connectivity index (χ3n) is 3.77. The Bertz CT molecular complexity index is 294. The van der Waals surface area contributed by atoms with Gasteiger partial charge in [-0.1, -0.05) is 32.1 Å². The first kappa shape index (κ1) is 19.2. The molecule has 0 spiro atoms. The van der Waals surface area contributed by atoms with Crippen LogP contribution in [0.4, 0.5) is 0 Å². The molecule has 1 aliphatic carbocycles. The lowest BCUT2D eigenvalue weighted by molar-refractivity contribution is -0.125. The minimum Gasteiger partial charge on any atom is -0.352 e. The summed E-state index contributed by atoms with van der Waals surface area (Å²) < 4.78 is 0. The van der Waals surface area contributed by atoms with Gasteiger partial charge in [0.05, 0.1) is 13.1 Å². The number of amides is 2. The van der Waals surface area contributed by atoms with Crippen LogP contribution in [0, 0.1) is 5.92 Å². The zero-order valence-corrected chi connectivity index (χ0v) is 13.1. The van der Waals surface area contributed by atoms with Crippen molar-refractivity contribution in [2.45, 2.75) is 57.9 Å². The number of carbonyl (C=O) groups excluding carboxylic acids is 2. The van der Waals surface area contributed by atoms with Gasteiger partial charge in [0.2, 0.25) is 11.8 Å². The average Bonchev–Trinajstić information content (AvgIpc) is 2.43. The molecule has 1 fully saturated rings. The summed E-state index contributed by atoms with van der Waals surface area (Å²) in [5.74, 6) is 0.396. The zero-order chi connectivity index (χ0) is 14.1. The first-order valence-corrected chi connectivity index (χ1v) is 7.38. The minimum absolute atomic E-state index is 0. The molecule has 0 saturated heterocycles. The van der Waals surface area contributed by atoms with E-state index in [1.807, 2.05) is 6.92 Å². The van der Waals surface area contributed by atoms with E-state index >= 15 is 0 Å². The molecule has 1 saturated carbocycles. The summed E-state index contributed by atoms with van der Waals surface area (Å²) in [6, 6.07) is 0.171. The third kappa shape index (κ3) is 8.38. The Labute approximate surface area is 127 Å². The minimum atomic E-state index is -0.301. The number of hydrogen-bond donors (Lipinski definition) is 3. The van der Waals surface area contributed by atoms with Crippen LogP contribution in [0.3, 0.4) is 0 Å². The summed E-state index contributed by atoms with van der Waals surface area (Å²) in [4.78, 5) is 22.5. The van der Waals surface area contributed by atoms with Gasteiger partial charge in [0.1, 0.15) is 0 Å². The van der Waals surface area contributed by atoms with E-state index in [0.717, 1.165) is 12.3 Å². The lowest BCUT2D eigenvalue weighted by Gasteiger charge is -2.23. The summed E-state index contributed by atoms with van der Waals surface area (Å²) in [5.41, 5.74) is 5.15. The van der Waals surface area contributed by atoms with Crippen LogP contribution in [0.25, 0.3) is 0 Å². The molecule has 0 heterocycles. The molecule has 1 aliphatic rings. The van der Waals surface area contributed by atoms with Crippen LogP contribution in [0.5, 0.6) is 0 Å². The molecular formula is C14H28ClN3O2. The molecule has 0 radical (unpaired) electrons. The molecule has 20 heavy (non-hydrogen) atoms. The zero-order valence-electron chi connectivity index (χ0n) is 12.3. The molecular weight excluding hydrogens is 278 g/mol. The monoisotopic (exact) mass is 305 g/mol. The number of rotatable bonds is 7. The van der Waals surface area contributed by atoms with Gasteiger partial charge in [0.25, 0.3) is 0 Å². The van der Waals surface area contributed by atoms with Crippen LogP contribution in [0.2, 0.25) is 0 Å². The summed E-state index contributed by atoms with van der Waals surface area (Å²) in [5, 5.41) is 5.37. The molecule has 5 nitrogen and oxygen atoms in total. The predicted octanol–water partition coefficient (Wildman–Crippen LogP) is 1.35. The van der Waals surface area contributed by atoms with Crippen LogP contribution in [0.15, 0.2) is 0 Å². The van der Waals surface area contributed by atoms with E-state index in [1.165, 1.54) is 38.5 Å². The van der Waals surface area contributed by atoms with Gasteiger partial charge >= 0.3 is 0 Å². The van der Waals surface area contributed by atoms with E-state index in [2.05, 4.69) is 10.6 Å². The average molecular weight is 306 g/mol. The van der Waals surface area contributed by atoms with Crippen molar-refractivity contribution in [3.63, 3.8) is 0 Å². The van der Waals surface area contributed by atoms with Gasteiger partial charge in [-0.15, -0.1) is 12.4 Å². The number of halogens is 1. The number of nitrogens with two attached hydrogens (primary N) is 1. The highest BCUT2D eigenvalue weighted by Crippen LogP contribution is 2.27. The van der Waals surface area contributed by atoms with Crippen LogP contribution in [-0.2, 0) is 9.59 Å². The summed E-state index contributed by atoms with van der Waals surface area (Å²) in [6.07, 6.45) is 8.98. The predicted molar refractivity (Wildman–Crippen MR) is 82.7 cm³/mol. The molecule has 2 amide bonds. The maximum Gasteiger partial charge on any atom is 0.239 e. The van der Waals surface area contributed by atoms with Gasteiger partial charge in [-0.3, -0.25) is 9.59 Å². The van der Waals surface area contributed by atoms with Crippen LogP contribution in [0.1, 0.15) is 51.9 Å². The van der Waals surface area contributed by atoms with E-state index in [9.17, 15) is 9.59 Å². The van der Waals surface area contributed by atoms with Gasteiger partial charge in [-0.2, -0.15) is 0 Å². The van der Waals surface area contributed by atoms with E-state index in [1.54, 1.807) is 0 Å². The van der Waals surface area contributed by atoms with Crippen molar-refractivity contribution in [3.8, 4) is 0 Å². The molecule has 6 heteroatoms. The van der Waals surface area contributed by atoms with Crippen LogP contribution >= 0.6 is 12.4 Å². The first-order chi connectivity index (χ1) is 9.11. The van der Waals surface area contributed by atoms with Crippen molar-refractivity contribution >= 4 is 24.2 Å². The maximum absolute atomic E-state index is 11.6. The first-order valence-electron chi connectivity index (χ1n) is 7.38. The molecule has 4 N–H and O–H groups in total. The maximum atomic E-state index is 11.6. The van der Waals surface area contributed by atoms with Gasteiger partial charge < -0.3 is 16.4 Å². The third-order valence-corrected chi connectivity index (χ3v) is 3.77. The molecule has 0 aliphatic heterocycles. The number of nitrogens with one attached hydrogen (secondary N) is 2. The second-order valence-electron chi connectivity index (χ2n) is 5.53. The molecule has 118 valence electrons. The highest BCUT2D eigenvalue weighted by molar-refractivity contribution is 5.85. The van der Waals surface area contributed by atoms with Crippen LogP contribution < -0.4 is 16.4 Å². The van der Waals surface area contributed by atoms with E-state index in [4.69, 9.17) is 5.73 Å². The van der Waals surface area contributed by atoms with Crippen molar-refractivity contribution < 1.29 is 9.59 Å². The van der Waals surface area contributed by atoms with E-state index < -0.39 is 0 Å². The van der Waals surface area contributed by atoms with Crippen molar-refractivity contribution in [1.29, 1.82) is 0 Å². The number of hydrogen-bond acceptors (Lipinski definition) is 3. The van der Waals surface area contributed by atoms with Gasteiger partial charge in [-0.05, 0) is 25.7 Å². The molecule has 1 atom stereocenters. The van der Waals surface area contributed by atoms with Gasteiger partial charge in [-0.25, -0.2) is 0 Å². The van der Waals surface area contributed by atoms with Crippen molar-refractivity contribution in [3.05, 3.63) is 0 Å². The Kier molecular flexibility index (Phi) is 10.5. The number of carbonyl (C=O) groups is 2. The van der Waals surface area contributed by atoms with Gasteiger partial charge in [0.15, 0.2) is 0 Å². The highest BCUT2D eigenvalue weighted by atomic mass is 35.5. The highest BCUT2D eigenvalue weighted by Gasteiger charge is 2.15. The van der Waals surface area contributed by atoms with Crippen molar-refractivity contribution in [1.82, 2.24) is 10.6 Å². The molecule has 1 unspecified atom stereocenters. The molecule has 0 bridgehead atoms. The molecule has 0 aromatic heterocycles. The largest absolute Gasteiger partial charge is 0.352 e. The van der Waals surface area contributed by atoms with Gasteiger partial charge in [0, 0.05) is 6.04 Å². The Balaban J connectivity index is 0.00000361. The Morgan fingerprint density at radius 1 is 1.20 bits per heavy atom. The molecule has 0 aromatic carbocycles. The fourth-order valence-electron chi connectivity index (χ4n) is 2.61. The smallest absolute Gasteiger partial charge is 0.239 e. The standard InChI is InChI=1S/C14H27N3O2.ClH/c1-11(7-8-12-5-3-2-4-6-12)17-14(19)10-16-13(18)9-15;/h11-12H,2-10,15H2,1H3,(H,16,18)(H,17,19);1H. The van der Waals surface area contributed by atoms with Crippen molar-refractivity contribution in [2.75, 3.05) is 13.1 Å². The fraction of sp³-hybridized carbons (Fsp3) is 0.857. The van der Waals surface area contributed by atoms with E-state index in [-0.39, 0.29) is 43.4 Å². The SMILES string of the molecule is CC(CCC1CCCCC1)NC(=O)CNC(=O)CN.Cl. The summed E-state index contributed by atoms with van der Waals surface area (Å²) in [7, 11) is 0. The van der Waals surface area contributed by atoms with Crippen molar-refractivity contribution in [2.24, 2.45) is 11.7 Å². The fourth-order valence-corrected chi connectivity index (χ4v) is 2.61. The second-order valence-corrected chi connectivity index (χ2v) is 5.53. The van der Waals surface area contributed by atoms with Crippen LogP contribution in [-0.4, -0.2) is 30.9 Å².